The fraction of sp³-hybridized carbons (Fsp3) is 0.500. The molecule has 0 spiro atoms. The molecule has 3 heteroatoms. The molecule has 110 valence electrons. The molecule has 1 unspecified atom stereocenters. The largest absolute Gasteiger partial charge is 0.361 e. The first-order valence-corrected chi connectivity index (χ1v) is 8.07. The lowest BCUT2D eigenvalue weighted by Gasteiger charge is -2.24. The number of H-pyrrole nitrogens is 1. The summed E-state index contributed by atoms with van der Waals surface area (Å²) < 4.78 is 0. The van der Waals surface area contributed by atoms with Crippen molar-refractivity contribution in [2.24, 2.45) is 11.8 Å². The number of fused-ring (bicyclic) bond motifs is 2. The molecule has 3 nitrogen and oxygen atoms in total. The fourth-order valence-electron chi connectivity index (χ4n) is 4.37. The first-order valence-electron chi connectivity index (χ1n) is 8.07. The van der Waals surface area contributed by atoms with E-state index in [1.165, 1.54) is 29.3 Å². The van der Waals surface area contributed by atoms with E-state index in [0.717, 1.165) is 25.3 Å². The molecule has 1 N–H and O–H groups in total. The number of hydrogen-bond acceptors (Lipinski definition) is 1. The molecule has 2 aliphatic rings. The number of carbonyl (C=O) groups is 1. The molecule has 1 saturated carbocycles. The Morgan fingerprint density at radius 2 is 2.14 bits per heavy atom. The van der Waals surface area contributed by atoms with Crippen LogP contribution >= 0.6 is 0 Å². The van der Waals surface area contributed by atoms with Crippen LogP contribution in [0.3, 0.4) is 0 Å². The van der Waals surface area contributed by atoms with Gasteiger partial charge in [0.2, 0.25) is 5.91 Å². The molecule has 1 amide bonds. The molecule has 0 radical (unpaired) electrons. The van der Waals surface area contributed by atoms with E-state index in [1.54, 1.807) is 0 Å². The molecule has 1 aliphatic heterocycles. The van der Waals surface area contributed by atoms with Crippen LogP contribution in [0.1, 0.15) is 31.7 Å². The summed E-state index contributed by atoms with van der Waals surface area (Å²) in [5.41, 5.74) is 2.51. The van der Waals surface area contributed by atoms with E-state index in [4.69, 9.17) is 0 Å². The molecule has 3 atom stereocenters. The maximum atomic E-state index is 12.2. The molecule has 1 saturated heterocycles. The number of likely N-dealkylation sites (tertiary alicyclic amines) is 1. The maximum absolute atomic E-state index is 12.2. The molecular formula is C18H22N2O. The lowest BCUT2D eigenvalue weighted by Crippen LogP contribution is -2.35. The van der Waals surface area contributed by atoms with E-state index in [-0.39, 0.29) is 0 Å². The standard InChI is InChI=1S/C18H22N2O/c1-12-8-14-10-18(21)20(17(14)9-12)7-6-13-11-19-16-5-3-2-4-15(13)16/h2-5,11-12,14,17,19H,6-10H2,1H3/t12-,14-,17?/m1/s1. The summed E-state index contributed by atoms with van der Waals surface area (Å²) in [5, 5.41) is 1.29. The number of benzene rings is 1. The number of aromatic nitrogens is 1. The molecule has 1 aromatic carbocycles. The van der Waals surface area contributed by atoms with Crippen molar-refractivity contribution in [1.82, 2.24) is 9.88 Å². The SMILES string of the molecule is C[C@H]1CC2[C@@H](CC(=O)N2CCc2c[nH]c3ccccc23)C1. The second-order valence-electron chi connectivity index (χ2n) is 6.80. The molecule has 0 bridgehead atoms. The average molecular weight is 282 g/mol. The van der Waals surface area contributed by atoms with Gasteiger partial charge in [0.1, 0.15) is 0 Å². The Morgan fingerprint density at radius 3 is 3.05 bits per heavy atom. The quantitative estimate of drug-likeness (QED) is 0.920. The predicted octanol–water partition coefficient (Wildman–Crippen LogP) is 3.36. The summed E-state index contributed by atoms with van der Waals surface area (Å²) in [5.74, 6) is 1.77. The molecule has 21 heavy (non-hydrogen) atoms. The minimum absolute atomic E-state index is 0.372. The van der Waals surface area contributed by atoms with Gasteiger partial charge in [-0.3, -0.25) is 4.79 Å². The predicted molar refractivity (Wildman–Crippen MR) is 84.0 cm³/mol. The number of rotatable bonds is 3. The summed E-state index contributed by atoms with van der Waals surface area (Å²) in [4.78, 5) is 17.7. The number of amides is 1. The Kier molecular flexibility index (Phi) is 3.02. The van der Waals surface area contributed by atoms with Crippen LogP contribution < -0.4 is 0 Å². The van der Waals surface area contributed by atoms with Crippen molar-refractivity contribution in [3.05, 3.63) is 36.0 Å². The van der Waals surface area contributed by atoms with E-state index in [9.17, 15) is 4.79 Å². The summed E-state index contributed by atoms with van der Waals surface area (Å²) in [6, 6.07) is 8.91. The molecule has 2 heterocycles. The van der Waals surface area contributed by atoms with Crippen molar-refractivity contribution < 1.29 is 4.79 Å². The van der Waals surface area contributed by atoms with Crippen LogP contribution in [0.4, 0.5) is 0 Å². The minimum Gasteiger partial charge on any atom is -0.361 e. The fourth-order valence-corrected chi connectivity index (χ4v) is 4.37. The third-order valence-corrected chi connectivity index (χ3v) is 5.35. The minimum atomic E-state index is 0.372. The van der Waals surface area contributed by atoms with Gasteiger partial charge in [-0.15, -0.1) is 0 Å². The summed E-state index contributed by atoms with van der Waals surface area (Å²) in [6.45, 7) is 3.19. The second-order valence-corrected chi connectivity index (χ2v) is 6.80. The highest BCUT2D eigenvalue weighted by molar-refractivity contribution is 5.83. The topological polar surface area (TPSA) is 36.1 Å². The van der Waals surface area contributed by atoms with E-state index >= 15 is 0 Å². The highest BCUT2D eigenvalue weighted by Crippen LogP contribution is 2.41. The highest BCUT2D eigenvalue weighted by atomic mass is 16.2. The first-order chi connectivity index (χ1) is 10.2. The molecule has 2 fully saturated rings. The summed E-state index contributed by atoms with van der Waals surface area (Å²) >= 11 is 0. The van der Waals surface area contributed by atoms with Gasteiger partial charge in [0, 0.05) is 36.1 Å². The Morgan fingerprint density at radius 1 is 1.29 bits per heavy atom. The van der Waals surface area contributed by atoms with Gasteiger partial charge in [-0.25, -0.2) is 0 Å². The van der Waals surface area contributed by atoms with Gasteiger partial charge in [0.05, 0.1) is 0 Å². The molecule has 1 aliphatic carbocycles. The van der Waals surface area contributed by atoms with Gasteiger partial charge < -0.3 is 9.88 Å². The van der Waals surface area contributed by atoms with Crippen molar-refractivity contribution in [1.29, 1.82) is 0 Å². The van der Waals surface area contributed by atoms with Crippen molar-refractivity contribution in [3.8, 4) is 0 Å². The molecule has 1 aromatic heterocycles. The molecule has 2 aromatic rings. The lowest BCUT2D eigenvalue weighted by atomic mass is 10.0. The number of hydrogen-bond donors (Lipinski definition) is 1. The Bertz CT molecular complexity index is 675. The van der Waals surface area contributed by atoms with Crippen LogP contribution in [0.25, 0.3) is 10.9 Å². The second kappa shape index (κ2) is 4.90. The van der Waals surface area contributed by atoms with E-state index in [1.807, 2.05) is 0 Å². The summed E-state index contributed by atoms with van der Waals surface area (Å²) in [6.07, 6.45) is 6.26. The smallest absolute Gasteiger partial charge is 0.223 e. The zero-order chi connectivity index (χ0) is 14.4. The Hall–Kier alpha value is -1.77. The van der Waals surface area contributed by atoms with Crippen molar-refractivity contribution in [3.63, 3.8) is 0 Å². The Balaban J connectivity index is 1.50. The zero-order valence-corrected chi connectivity index (χ0v) is 12.5. The van der Waals surface area contributed by atoms with Crippen LogP contribution in [0.5, 0.6) is 0 Å². The molecule has 4 rings (SSSR count). The lowest BCUT2D eigenvalue weighted by molar-refractivity contribution is -0.129. The van der Waals surface area contributed by atoms with Gasteiger partial charge in [0.25, 0.3) is 0 Å². The normalized spacial score (nSPS) is 28.5. The Labute approximate surface area is 125 Å². The van der Waals surface area contributed by atoms with Crippen molar-refractivity contribution >= 4 is 16.8 Å². The van der Waals surface area contributed by atoms with Crippen molar-refractivity contribution in [2.45, 2.75) is 38.6 Å². The zero-order valence-electron chi connectivity index (χ0n) is 12.5. The molecular weight excluding hydrogens is 260 g/mol. The number of aromatic amines is 1. The van der Waals surface area contributed by atoms with E-state index in [0.29, 0.717) is 17.9 Å². The number of carbonyl (C=O) groups excluding carboxylic acids is 1. The third kappa shape index (κ3) is 2.15. The first kappa shape index (κ1) is 12.9. The van der Waals surface area contributed by atoms with Crippen LogP contribution in [0, 0.1) is 11.8 Å². The maximum Gasteiger partial charge on any atom is 0.223 e. The number of para-hydroxylation sites is 1. The van der Waals surface area contributed by atoms with Gasteiger partial charge in [-0.1, -0.05) is 25.1 Å². The van der Waals surface area contributed by atoms with Gasteiger partial charge in [-0.05, 0) is 42.7 Å². The van der Waals surface area contributed by atoms with Crippen molar-refractivity contribution in [2.75, 3.05) is 6.54 Å². The van der Waals surface area contributed by atoms with E-state index in [2.05, 4.69) is 47.3 Å². The van der Waals surface area contributed by atoms with Gasteiger partial charge >= 0.3 is 0 Å². The van der Waals surface area contributed by atoms with Crippen LogP contribution in [0.15, 0.2) is 30.5 Å². The monoisotopic (exact) mass is 282 g/mol. The number of nitrogens with one attached hydrogen (secondary N) is 1. The van der Waals surface area contributed by atoms with Crippen LogP contribution in [0.2, 0.25) is 0 Å². The van der Waals surface area contributed by atoms with E-state index < -0.39 is 0 Å². The highest BCUT2D eigenvalue weighted by Gasteiger charge is 2.44. The van der Waals surface area contributed by atoms with Crippen LogP contribution in [-0.2, 0) is 11.2 Å². The average Bonchev–Trinajstić information content (AvgIpc) is 3.10. The summed E-state index contributed by atoms with van der Waals surface area (Å²) in [7, 11) is 0. The number of nitrogens with zero attached hydrogens (tertiary/aromatic N) is 1. The third-order valence-electron chi connectivity index (χ3n) is 5.35. The van der Waals surface area contributed by atoms with Gasteiger partial charge in [0.15, 0.2) is 0 Å². The van der Waals surface area contributed by atoms with Gasteiger partial charge in [-0.2, -0.15) is 0 Å². The van der Waals surface area contributed by atoms with Crippen LogP contribution in [-0.4, -0.2) is 28.4 Å².